The van der Waals surface area contributed by atoms with Crippen molar-refractivity contribution in [1.29, 1.82) is 0 Å². The van der Waals surface area contributed by atoms with Crippen molar-refractivity contribution in [2.75, 3.05) is 26.2 Å². The molecule has 0 aliphatic carbocycles. The van der Waals surface area contributed by atoms with E-state index < -0.39 is 0 Å². The quantitative estimate of drug-likeness (QED) is 0.384. The van der Waals surface area contributed by atoms with Crippen LogP contribution in [0.25, 0.3) is 0 Å². The van der Waals surface area contributed by atoms with Gasteiger partial charge in [0.25, 0.3) is 0 Å². The molecule has 4 bridgehead atoms. The van der Waals surface area contributed by atoms with E-state index in [4.69, 9.17) is 9.47 Å². The molecule has 5 saturated heterocycles. The molecule has 8 atom stereocenters. The summed E-state index contributed by atoms with van der Waals surface area (Å²) in [6.07, 6.45) is 23.7. The Labute approximate surface area is 210 Å². The van der Waals surface area contributed by atoms with Crippen molar-refractivity contribution in [2.24, 2.45) is 23.7 Å². The van der Waals surface area contributed by atoms with Gasteiger partial charge in [-0.1, -0.05) is 65.2 Å². The fourth-order valence-electron chi connectivity index (χ4n) is 8.13. The van der Waals surface area contributed by atoms with Gasteiger partial charge < -0.3 is 9.47 Å². The predicted octanol–water partition coefficient (Wildman–Crippen LogP) is 6.83. The molecule has 0 aromatic heterocycles. The lowest BCUT2D eigenvalue weighted by molar-refractivity contribution is -0.202. The fraction of sp³-hybridized carbons (Fsp3) is 1.00. The van der Waals surface area contributed by atoms with Crippen LogP contribution < -0.4 is 0 Å². The normalized spacial score (nSPS) is 44.3. The lowest BCUT2D eigenvalue weighted by Crippen LogP contribution is -2.56. The fourth-order valence-corrected chi connectivity index (χ4v) is 8.13. The molecule has 0 spiro atoms. The number of piperidine rings is 2. The Balaban J connectivity index is 1.19. The molecule has 5 heterocycles. The van der Waals surface area contributed by atoms with Crippen LogP contribution in [0.2, 0.25) is 0 Å². The predicted molar refractivity (Wildman–Crippen MR) is 140 cm³/mol. The van der Waals surface area contributed by atoms with Crippen molar-refractivity contribution in [2.45, 2.75) is 141 Å². The second-order valence-electron chi connectivity index (χ2n) is 12.9. The summed E-state index contributed by atoms with van der Waals surface area (Å²) in [4.78, 5) is 5.40. The van der Waals surface area contributed by atoms with Crippen LogP contribution in [0.15, 0.2) is 0 Å². The van der Waals surface area contributed by atoms with Gasteiger partial charge in [0.05, 0.1) is 12.2 Å². The van der Waals surface area contributed by atoms with E-state index in [-0.39, 0.29) is 0 Å². The van der Waals surface area contributed by atoms with Crippen LogP contribution in [-0.4, -0.2) is 60.6 Å². The van der Waals surface area contributed by atoms with Crippen LogP contribution in [0.3, 0.4) is 0 Å². The largest absolute Gasteiger partial charge is 0.359 e. The van der Waals surface area contributed by atoms with E-state index in [1.807, 2.05) is 0 Å². The maximum atomic E-state index is 6.87. The molecule has 34 heavy (non-hydrogen) atoms. The summed E-state index contributed by atoms with van der Waals surface area (Å²) in [7, 11) is 0. The average molecular weight is 475 g/mol. The van der Waals surface area contributed by atoms with Gasteiger partial charge in [0.2, 0.25) is 0 Å². The number of hydrogen-bond donors (Lipinski definition) is 0. The summed E-state index contributed by atoms with van der Waals surface area (Å²) in [5, 5.41) is 0. The Bertz CT molecular complexity index is 563. The van der Waals surface area contributed by atoms with Gasteiger partial charge in [0.1, 0.15) is 12.5 Å². The van der Waals surface area contributed by atoms with Crippen molar-refractivity contribution in [1.82, 2.24) is 9.80 Å². The lowest BCUT2D eigenvalue weighted by atomic mass is 9.85. The van der Waals surface area contributed by atoms with Gasteiger partial charge in [0.15, 0.2) is 0 Å². The van der Waals surface area contributed by atoms with Gasteiger partial charge in [-0.05, 0) is 75.0 Å². The van der Waals surface area contributed by atoms with Crippen LogP contribution in [0, 0.1) is 23.7 Å². The molecule has 5 aliphatic heterocycles. The van der Waals surface area contributed by atoms with Gasteiger partial charge in [-0.15, -0.1) is 0 Å². The molecule has 0 N–H and O–H groups in total. The molecule has 5 aliphatic rings. The minimum atomic E-state index is 0.420. The first-order chi connectivity index (χ1) is 16.7. The molecular weight excluding hydrogens is 420 g/mol. The Kier molecular flexibility index (Phi) is 9.29. The molecule has 0 aromatic rings. The third-order valence-electron chi connectivity index (χ3n) is 10.1. The van der Waals surface area contributed by atoms with Gasteiger partial charge in [-0.3, -0.25) is 9.80 Å². The monoisotopic (exact) mass is 474 g/mol. The van der Waals surface area contributed by atoms with Crippen molar-refractivity contribution >= 4 is 0 Å². The first kappa shape index (κ1) is 25.5. The van der Waals surface area contributed by atoms with Crippen LogP contribution >= 0.6 is 0 Å². The maximum absolute atomic E-state index is 6.87. The third-order valence-corrected chi connectivity index (χ3v) is 10.1. The van der Waals surface area contributed by atoms with E-state index in [0.717, 1.165) is 11.8 Å². The summed E-state index contributed by atoms with van der Waals surface area (Å²) < 4.78 is 13.7. The highest BCUT2D eigenvalue weighted by Gasteiger charge is 2.41. The minimum Gasteiger partial charge on any atom is -0.359 e. The number of fused-ring (bicyclic) bond motifs is 2. The SMILES string of the molecule is CC1CN2CCCC3CCCCCCC4OC5C(CCCCCCC1OC32)CCCN5CC4C. The first-order valence-electron chi connectivity index (χ1n) is 15.5. The summed E-state index contributed by atoms with van der Waals surface area (Å²) in [6.45, 7) is 9.94. The second kappa shape index (κ2) is 12.4. The number of rotatable bonds is 0. The number of ether oxygens (including phenoxy) is 2. The van der Waals surface area contributed by atoms with Gasteiger partial charge in [-0.25, -0.2) is 0 Å². The van der Waals surface area contributed by atoms with Crippen LogP contribution in [-0.2, 0) is 9.47 Å². The molecule has 0 amide bonds. The van der Waals surface area contributed by atoms with Crippen molar-refractivity contribution in [3.8, 4) is 0 Å². The third kappa shape index (κ3) is 6.21. The molecule has 4 heteroatoms. The molecule has 8 unspecified atom stereocenters. The van der Waals surface area contributed by atoms with Gasteiger partial charge in [-0.2, -0.15) is 0 Å². The second-order valence-corrected chi connectivity index (χ2v) is 12.9. The van der Waals surface area contributed by atoms with E-state index in [0.29, 0.717) is 36.5 Å². The van der Waals surface area contributed by atoms with E-state index >= 15 is 0 Å². The maximum Gasteiger partial charge on any atom is 0.113 e. The molecule has 0 aromatic carbocycles. The summed E-state index contributed by atoms with van der Waals surface area (Å²) in [6, 6.07) is 0. The topological polar surface area (TPSA) is 24.9 Å². The zero-order chi connectivity index (χ0) is 23.3. The molecule has 0 saturated carbocycles. The van der Waals surface area contributed by atoms with E-state index in [1.165, 1.54) is 129 Å². The van der Waals surface area contributed by atoms with Gasteiger partial charge in [0, 0.05) is 26.2 Å². The Morgan fingerprint density at radius 2 is 0.853 bits per heavy atom. The lowest BCUT2D eigenvalue weighted by Gasteiger charge is -2.49. The van der Waals surface area contributed by atoms with Gasteiger partial charge >= 0.3 is 0 Å². The zero-order valence-electron chi connectivity index (χ0n) is 22.5. The smallest absolute Gasteiger partial charge is 0.113 e. The summed E-state index contributed by atoms with van der Waals surface area (Å²) >= 11 is 0. The standard InChI is InChI=1S/C30H54N2O2/c1-23-21-31-19-11-15-25-13-8-4-6-10-18-28-24(2)22-32-20-12-16-26(30(32)34-28)14-7-3-5-9-17-27(23)33-29(25)31/h23-30H,3-22H2,1-2H3. The number of hydrogen-bond acceptors (Lipinski definition) is 4. The van der Waals surface area contributed by atoms with Crippen LogP contribution in [0.1, 0.15) is 117 Å². The molecule has 5 fully saturated rings. The summed E-state index contributed by atoms with van der Waals surface area (Å²) in [5.74, 6) is 2.93. The van der Waals surface area contributed by atoms with Crippen LogP contribution in [0.5, 0.6) is 0 Å². The zero-order valence-corrected chi connectivity index (χ0v) is 22.5. The number of nitrogens with zero attached hydrogens (tertiary/aromatic N) is 2. The highest BCUT2D eigenvalue weighted by Crippen LogP contribution is 2.38. The van der Waals surface area contributed by atoms with Crippen LogP contribution in [0.4, 0.5) is 0 Å². The Hall–Kier alpha value is -0.160. The Morgan fingerprint density at radius 3 is 1.29 bits per heavy atom. The highest BCUT2D eigenvalue weighted by atomic mass is 16.5. The molecule has 4 nitrogen and oxygen atoms in total. The minimum absolute atomic E-state index is 0.420. The van der Waals surface area contributed by atoms with E-state index in [1.54, 1.807) is 0 Å². The van der Waals surface area contributed by atoms with E-state index in [2.05, 4.69) is 23.6 Å². The Morgan fingerprint density at radius 1 is 0.471 bits per heavy atom. The van der Waals surface area contributed by atoms with Crippen molar-refractivity contribution < 1.29 is 9.47 Å². The molecule has 0 radical (unpaired) electrons. The molecule has 196 valence electrons. The highest BCUT2D eigenvalue weighted by molar-refractivity contribution is 4.88. The molecule has 5 rings (SSSR count). The van der Waals surface area contributed by atoms with Crippen molar-refractivity contribution in [3.05, 3.63) is 0 Å². The van der Waals surface area contributed by atoms with E-state index in [9.17, 15) is 0 Å². The summed E-state index contributed by atoms with van der Waals surface area (Å²) in [5.41, 5.74) is 0. The average Bonchev–Trinajstić information content (AvgIpc) is 2.83. The molecular formula is C30H54N2O2. The van der Waals surface area contributed by atoms with Crippen molar-refractivity contribution in [3.63, 3.8) is 0 Å². The first-order valence-corrected chi connectivity index (χ1v) is 15.5.